The van der Waals surface area contributed by atoms with Crippen molar-refractivity contribution in [2.24, 2.45) is 0 Å². The average molecular weight is 330 g/mol. The van der Waals surface area contributed by atoms with E-state index in [9.17, 15) is 14.4 Å². The first-order valence-electron chi connectivity index (χ1n) is 6.29. The molecule has 0 aromatic heterocycles. The van der Waals surface area contributed by atoms with Crippen molar-refractivity contribution in [3.63, 3.8) is 0 Å². The number of nitrogens with one attached hydrogen (secondary N) is 2. The number of hydrogen-bond donors (Lipinski definition) is 2. The number of benzene rings is 1. The Morgan fingerprint density at radius 2 is 2.00 bits per heavy atom. The van der Waals surface area contributed by atoms with Gasteiger partial charge in [0.1, 0.15) is 6.54 Å². The van der Waals surface area contributed by atoms with Gasteiger partial charge in [-0.25, -0.2) is 0 Å². The summed E-state index contributed by atoms with van der Waals surface area (Å²) < 4.78 is 0. The van der Waals surface area contributed by atoms with Crippen molar-refractivity contribution >= 4 is 40.9 Å². The molecule has 0 spiro atoms. The molecule has 0 bridgehead atoms. The molecule has 1 aromatic rings. The molecule has 0 radical (unpaired) electrons. The predicted octanol–water partition coefficient (Wildman–Crippen LogP) is 1.38. The number of rotatable bonds is 3. The van der Waals surface area contributed by atoms with Gasteiger partial charge < -0.3 is 4.90 Å². The summed E-state index contributed by atoms with van der Waals surface area (Å²) in [5.41, 5.74) is 4.63. The second-order valence-corrected chi connectivity index (χ2v) is 5.39. The number of halogens is 2. The molecule has 0 aliphatic carbocycles. The zero-order valence-corrected chi connectivity index (χ0v) is 12.5. The van der Waals surface area contributed by atoms with Gasteiger partial charge in [-0.3, -0.25) is 25.2 Å². The molecular formula is C13H13Cl2N3O3. The molecule has 2 rings (SSSR count). The number of amides is 3. The highest BCUT2D eigenvalue weighted by Gasteiger charge is 2.22. The summed E-state index contributed by atoms with van der Waals surface area (Å²) in [5.74, 6) is -1.12. The van der Waals surface area contributed by atoms with E-state index in [0.29, 0.717) is 18.0 Å². The van der Waals surface area contributed by atoms with Crippen LogP contribution in [0.3, 0.4) is 0 Å². The molecule has 21 heavy (non-hydrogen) atoms. The minimum Gasteiger partial charge on any atom is -0.333 e. The lowest BCUT2D eigenvalue weighted by atomic mass is 10.2. The molecule has 8 heteroatoms. The molecule has 0 unspecified atom stereocenters. The first kappa shape index (κ1) is 15.6. The molecular weight excluding hydrogens is 317 g/mol. The fourth-order valence-corrected chi connectivity index (χ4v) is 2.32. The Morgan fingerprint density at radius 1 is 1.24 bits per heavy atom. The molecule has 2 N–H and O–H groups in total. The number of carbonyl (C=O) groups excluding carboxylic acids is 3. The highest BCUT2D eigenvalue weighted by molar-refractivity contribution is 6.35. The topological polar surface area (TPSA) is 78.5 Å². The van der Waals surface area contributed by atoms with Crippen LogP contribution in [0.25, 0.3) is 0 Å². The normalized spacial score (nSPS) is 14.2. The largest absolute Gasteiger partial charge is 0.333 e. The number of hydrazine groups is 1. The molecule has 1 aliphatic heterocycles. The maximum Gasteiger partial charge on any atom is 0.271 e. The molecule has 3 amide bonds. The van der Waals surface area contributed by atoms with Crippen LogP contribution >= 0.6 is 23.2 Å². The van der Waals surface area contributed by atoms with Crippen LogP contribution in [-0.4, -0.2) is 35.7 Å². The van der Waals surface area contributed by atoms with E-state index in [2.05, 4.69) is 10.9 Å². The molecule has 112 valence electrons. The van der Waals surface area contributed by atoms with Gasteiger partial charge >= 0.3 is 0 Å². The highest BCUT2D eigenvalue weighted by Crippen LogP contribution is 2.20. The van der Waals surface area contributed by atoms with Crippen LogP contribution in [0, 0.1) is 0 Å². The van der Waals surface area contributed by atoms with E-state index < -0.39 is 11.8 Å². The van der Waals surface area contributed by atoms with Crippen LogP contribution in [0.15, 0.2) is 18.2 Å². The third-order valence-corrected chi connectivity index (χ3v) is 3.56. The van der Waals surface area contributed by atoms with Gasteiger partial charge in [0.25, 0.3) is 11.8 Å². The summed E-state index contributed by atoms with van der Waals surface area (Å²) in [4.78, 5) is 36.3. The van der Waals surface area contributed by atoms with Crippen molar-refractivity contribution < 1.29 is 14.4 Å². The number of likely N-dealkylation sites (tertiary alicyclic amines) is 1. The quantitative estimate of drug-likeness (QED) is 0.822. The van der Waals surface area contributed by atoms with Crippen molar-refractivity contribution in [1.29, 1.82) is 0 Å². The Bertz CT molecular complexity index is 592. The first-order valence-corrected chi connectivity index (χ1v) is 7.05. The summed E-state index contributed by atoms with van der Waals surface area (Å²) >= 11 is 11.7. The second-order valence-electron chi connectivity index (χ2n) is 4.55. The van der Waals surface area contributed by atoms with Crippen molar-refractivity contribution in [3.05, 3.63) is 33.8 Å². The predicted molar refractivity (Wildman–Crippen MR) is 77.9 cm³/mol. The molecule has 1 saturated heterocycles. The van der Waals surface area contributed by atoms with Crippen LogP contribution in [0.5, 0.6) is 0 Å². The van der Waals surface area contributed by atoms with Crippen LogP contribution in [0.4, 0.5) is 0 Å². The highest BCUT2D eigenvalue weighted by atomic mass is 35.5. The van der Waals surface area contributed by atoms with Gasteiger partial charge in [0.2, 0.25) is 5.91 Å². The van der Waals surface area contributed by atoms with Crippen LogP contribution in [0.2, 0.25) is 10.0 Å². The minimum atomic E-state index is -0.580. The maximum atomic E-state index is 11.9. The summed E-state index contributed by atoms with van der Waals surface area (Å²) in [6, 6.07) is 4.44. The number of carbonyl (C=O) groups is 3. The molecule has 0 atom stereocenters. The third kappa shape index (κ3) is 4.09. The van der Waals surface area contributed by atoms with Gasteiger partial charge in [0.05, 0.1) is 10.6 Å². The van der Waals surface area contributed by atoms with Gasteiger partial charge in [0.15, 0.2) is 0 Å². The summed E-state index contributed by atoms with van der Waals surface area (Å²) in [6.07, 6.45) is 1.20. The van der Waals surface area contributed by atoms with Crippen molar-refractivity contribution in [3.8, 4) is 0 Å². The summed E-state index contributed by atoms with van der Waals surface area (Å²) in [6.45, 7) is 0.475. The van der Waals surface area contributed by atoms with Crippen LogP contribution in [0.1, 0.15) is 23.2 Å². The number of nitrogens with zero attached hydrogens (tertiary/aromatic N) is 1. The molecule has 6 nitrogen and oxygen atoms in total. The lowest BCUT2D eigenvalue weighted by Gasteiger charge is -2.15. The monoisotopic (exact) mass is 329 g/mol. The maximum absolute atomic E-state index is 11.9. The van der Waals surface area contributed by atoms with E-state index >= 15 is 0 Å². The van der Waals surface area contributed by atoms with Crippen molar-refractivity contribution in [2.45, 2.75) is 12.8 Å². The average Bonchev–Trinajstić information content (AvgIpc) is 2.84. The fraction of sp³-hybridized carbons (Fsp3) is 0.308. The molecule has 1 heterocycles. The second kappa shape index (κ2) is 6.78. The summed E-state index contributed by atoms with van der Waals surface area (Å²) in [5, 5.41) is 0.583. The van der Waals surface area contributed by atoms with Crippen molar-refractivity contribution in [2.75, 3.05) is 13.1 Å². The third-order valence-electron chi connectivity index (χ3n) is 2.99. The van der Waals surface area contributed by atoms with E-state index in [4.69, 9.17) is 23.2 Å². The van der Waals surface area contributed by atoms with Gasteiger partial charge in [-0.15, -0.1) is 0 Å². The zero-order chi connectivity index (χ0) is 15.4. The van der Waals surface area contributed by atoms with Crippen molar-refractivity contribution in [1.82, 2.24) is 15.8 Å². The zero-order valence-electron chi connectivity index (χ0n) is 11.0. The molecule has 0 saturated carbocycles. The van der Waals surface area contributed by atoms with E-state index in [1.54, 1.807) is 6.07 Å². The SMILES string of the molecule is O=C(CN1CCCC1=O)NNC(=O)c1cc(Cl)ccc1Cl. The van der Waals surface area contributed by atoms with Gasteiger partial charge in [0, 0.05) is 18.0 Å². The van der Waals surface area contributed by atoms with E-state index in [1.165, 1.54) is 17.0 Å². The molecule has 1 aliphatic rings. The Kier molecular flexibility index (Phi) is 5.03. The van der Waals surface area contributed by atoms with Crippen LogP contribution in [-0.2, 0) is 9.59 Å². The fourth-order valence-electron chi connectivity index (χ4n) is 1.95. The smallest absolute Gasteiger partial charge is 0.271 e. The Labute approximate surface area is 131 Å². The number of hydrogen-bond acceptors (Lipinski definition) is 3. The van der Waals surface area contributed by atoms with Gasteiger partial charge in [-0.05, 0) is 24.6 Å². The standard InChI is InChI=1S/C13H13Cl2N3O3/c14-8-3-4-10(15)9(6-8)13(21)17-16-11(19)7-18-5-1-2-12(18)20/h3-4,6H,1-2,5,7H2,(H,16,19)(H,17,21). The Morgan fingerprint density at radius 3 is 2.67 bits per heavy atom. The minimum absolute atomic E-state index is 0.0608. The van der Waals surface area contributed by atoms with Crippen LogP contribution < -0.4 is 10.9 Å². The Balaban J connectivity index is 1.87. The molecule has 1 fully saturated rings. The summed E-state index contributed by atoms with van der Waals surface area (Å²) in [7, 11) is 0. The van der Waals surface area contributed by atoms with E-state index in [0.717, 1.165) is 6.42 Å². The molecule has 1 aromatic carbocycles. The van der Waals surface area contributed by atoms with Gasteiger partial charge in [-0.1, -0.05) is 23.2 Å². The lowest BCUT2D eigenvalue weighted by Crippen LogP contribution is -2.46. The van der Waals surface area contributed by atoms with Gasteiger partial charge in [-0.2, -0.15) is 0 Å². The first-order chi connectivity index (χ1) is 9.97. The Hall–Kier alpha value is -1.79. The van der Waals surface area contributed by atoms with E-state index in [-0.39, 0.29) is 23.0 Å². The lowest BCUT2D eigenvalue weighted by molar-refractivity contribution is -0.133. The van der Waals surface area contributed by atoms with E-state index in [1.807, 2.05) is 0 Å².